The van der Waals surface area contributed by atoms with Crippen LogP contribution in [0.4, 0.5) is 22.4 Å². The second-order valence-corrected chi connectivity index (χ2v) is 18.9. The number of amides is 4. The number of methoxy groups -OCH3 is 1. The molecule has 1 saturated heterocycles. The van der Waals surface area contributed by atoms with Gasteiger partial charge in [-0.1, -0.05) is 26.0 Å². The molecule has 2 aliphatic carbocycles. The van der Waals surface area contributed by atoms with Gasteiger partial charge in [-0.25, -0.2) is 27.6 Å². The number of halogens is 4. The van der Waals surface area contributed by atoms with Gasteiger partial charge in [0.1, 0.15) is 46.6 Å². The standard InChI is InChI=1S/C39H50F4N6O9S/c1-21-9-7-8-10-24-18-38(24,34(52)48-59(54,55)37(20-40)13-14-37)47-31(50)29-17-26(57-32-23(3)44-28-16-25(56-6)11-12-27(28)45-32)19-49(29)33(51)30(22(2)15-21)46-35(53)58-36(4,5)39(41,42)43/h8,10-12,16,21-22,24,26,29-30H,7,9,13-15,17-20H2,1-6H3,(H,46,53)(H,47,50)(H,48,52)/b10-8-/t21-,22-,24-,26-,29?,30+,38-/m1/s1. The number of rotatable bonds is 9. The van der Waals surface area contributed by atoms with Crippen molar-refractivity contribution in [2.24, 2.45) is 17.8 Å². The van der Waals surface area contributed by atoms with Crippen molar-refractivity contribution in [3.63, 3.8) is 0 Å². The summed E-state index contributed by atoms with van der Waals surface area (Å²) in [7, 11) is -2.96. The maximum Gasteiger partial charge on any atom is 0.427 e. The Morgan fingerprint density at radius 3 is 2.44 bits per heavy atom. The Kier molecular flexibility index (Phi) is 11.9. The highest BCUT2D eigenvalue weighted by Crippen LogP contribution is 2.48. The number of nitrogens with one attached hydrogen (secondary N) is 3. The van der Waals surface area contributed by atoms with Crippen LogP contribution in [0.1, 0.15) is 78.3 Å². The maximum atomic E-state index is 14.7. The van der Waals surface area contributed by atoms with Crippen molar-refractivity contribution in [1.29, 1.82) is 0 Å². The summed E-state index contributed by atoms with van der Waals surface area (Å²) in [5.74, 6) is -3.49. The van der Waals surface area contributed by atoms with Gasteiger partial charge in [0.05, 0.1) is 24.7 Å². The molecule has 3 N–H and O–H groups in total. The summed E-state index contributed by atoms with van der Waals surface area (Å²) in [6.07, 6.45) is -2.57. The minimum atomic E-state index is -4.93. The molecule has 324 valence electrons. The van der Waals surface area contributed by atoms with Crippen molar-refractivity contribution in [3.05, 3.63) is 36.0 Å². The molecule has 1 unspecified atom stereocenters. The van der Waals surface area contributed by atoms with Crippen molar-refractivity contribution in [2.75, 3.05) is 20.3 Å². The minimum absolute atomic E-state index is 0.00801. The van der Waals surface area contributed by atoms with E-state index >= 15 is 0 Å². The van der Waals surface area contributed by atoms with Gasteiger partial charge in [-0.15, -0.1) is 0 Å². The number of aryl methyl sites for hydroxylation is 1. The van der Waals surface area contributed by atoms with Crippen LogP contribution in [0, 0.1) is 24.7 Å². The Hall–Kier alpha value is -4.75. The molecule has 1 aromatic carbocycles. The number of carbonyl (C=O) groups excluding carboxylic acids is 4. The van der Waals surface area contributed by atoms with Crippen molar-refractivity contribution in [2.45, 2.75) is 120 Å². The first kappa shape index (κ1) is 43.8. The summed E-state index contributed by atoms with van der Waals surface area (Å²) >= 11 is 0. The number of benzene rings is 1. The molecule has 2 saturated carbocycles. The monoisotopic (exact) mass is 854 g/mol. The predicted molar refractivity (Wildman–Crippen MR) is 204 cm³/mol. The normalized spacial score (nSPS) is 29.2. The van der Waals surface area contributed by atoms with Gasteiger partial charge in [0.25, 0.3) is 5.91 Å². The highest BCUT2D eigenvalue weighted by atomic mass is 32.2. The Morgan fingerprint density at radius 1 is 1.08 bits per heavy atom. The molecule has 2 aromatic rings. The lowest BCUT2D eigenvalue weighted by molar-refractivity contribution is -0.244. The van der Waals surface area contributed by atoms with Crippen LogP contribution < -0.4 is 24.8 Å². The van der Waals surface area contributed by atoms with E-state index in [4.69, 9.17) is 14.2 Å². The molecule has 1 aromatic heterocycles. The molecular formula is C39H50F4N6O9S. The fourth-order valence-corrected chi connectivity index (χ4v) is 9.13. The first-order chi connectivity index (χ1) is 27.5. The molecule has 0 bridgehead atoms. The summed E-state index contributed by atoms with van der Waals surface area (Å²) in [6.45, 7) is 5.10. The van der Waals surface area contributed by atoms with E-state index in [0.717, 1.165) is 4.90 Å². The topological polar surface area (TPSA) is 195 Å². The zero-order valence-electron chi connectivity index (χ0n) is 33.7. The van der Waals surface area contributed by atoms with E-state index < -0.39 is 92.6 Å². The van der Waals surface area contributed by atoms with Gasteiger partial charge < -0.3 is 29.7 Å². The number of ether oxygens (including phenoxy) is 3. The lowest BCUT2D eigenvalue weighted by Gasteiger charge is -2.34. The highest BCUT2D eigenvalue weighted by molar-refractivity contribution is 7.91. The van der Waals surface area contributed by atoms with Crippen LogP contribution in [0.3, 0.4) is 0 Å². The Bertz CT molecular complexity index is 2130. The molecule has 7 atom stereocenters. The number of sulfonamides is 1. The van der Waals surface area contributed by atoms with E-state index in [1.165, 1.54) is 7.11 Å². The number of hydrogen-bond acceptors (Lipinski definition) is 11. The summed E-state index contributed by atoms with van der Waals surface area (Å²) in [5, 5.41) is 5.06. The van der Waals surface area contributed by atoms with Gasteiger partial charge >= 0.3 is 12.3 Å². The fraction of sp³-hybridized carbons (Fsp3) is 0.641. The number of aromatic nitrogens is 2. The molecule has 4 amide bonds. The van der Waals surface area contributed by atoms with Crippen molar-refractivity contribution < 1.29 is 59.4 Å². The lowest BCUT2D eigenvalue weighted by Crippen LogP contribution is -2.60. The summed E-state index contributed by atoms with van der Waals surface area (Å²) in [4.78, 5) is 66.5. The van der Waals surface area contributed by atoms with Crippen LogP contribution in [0.5, 0.6) is 11.6 Å². The Labute approximate surface area is 339 Å². The molecule has 3 heterocycles. The number of allylic oxidation sites excluding steroid dienone is 1. The summed E-state index contributed by atoms with van der Waals surface area (Å²) in [6, 6.07) is 2.17. The number of fused-ring (bicyclic) bond motifs is 3. The first-order valence-corrected chi connectivity index (χ1v) is 21.0. The van der Waals surface area contributed by atoms with Crippen LogP contribution in [0.25, 0.3) is 11.0 Å². The van der Waals surface area contributed by atoms with Gasteiger partial charge in [0.2, 0.25) is 33.3 Å². The van der Waals surface area contributed by atoms with Crippen molar-refractivity contribution >= 4 is 44.9 Å². The fourth-order valence-electron chi connectivity index (χ4n) is 7.70. The number of carbonyl (C=O) groups is 4. The zero-order valence-corrected chi connectivity index (χ0v) is 34.5. The lowest BCUT2D eigenvalue weighted by atomic mass is 9.88. The third kappa shape index (κ3) is 8.92. The third-order valence-corrected chi connectivity index (χ3v) is 14.0. The minimum Gasteiger partial charge on any atom is -0.497 e. The van der Waals surface area contributed by atoms with Crippen molar-refractivity contribution in [1.82, 2.24) is 30.2 Å². The molecule has 3 fully saturated rings. The van der Waals surface area contributed by atoms with E-state index in [2.05, 4.69) is 20.6 Å². The molecule has 59 heavy (non-hydrogen) atoms. The maximum absolute atomic E-state index is 14.7. The Balaban J connectivity index is 1.35. The van der Waals surface area contributed by atoms with Gasteiger partial charge in [-0.2, -0.15) is 13.2 Å². The van der Waals surface area contributed by atoms with Gasteiger partial charge in [-0.3, -0.25) is 19.1 Å². The zero-order chi connectivity index (χ0) is 43.3. The van der Waals surface area contributed by atoms with E-state index in [0.29, 0.717) is 55.6 Å². The number of nitrogens with zero attached hydrogens (tertiary/aromatic N) is 3. The second kappa shape index (κ2) is 16.0. The summed E-state index contributed by atoms with van der Waals surface area (Å²) < 4.78 is 98.0. The van der Waals surface area contributed by atoms with Crippen LogP contribution in [-0.4, -0.2) is 108 Å². The summed E-state index contributed by atoms with van der Waals surface area (Å²) in [5.41, 5.74) is -3.34. The van der Waals surface area contributed by atoms with Crippen LogP contribution >= 0.6 is 0 Å². The van der Waals surface area contributed by atoms with Crippen LogP contribution in [-0.2, 0) is 29.1 Å². The van der Waals surface area contributed by atoms with E-state index in [-0.39, 0.29) is 44.0 Å². The number of alkyl halides is 4. The number of alkyl carbamates (subject to hydrolysis) is 1. The molecule has 4 aliphatic rings. The van der Waals surface area contributed by atoms with Crippen molar-refractivity contribution in [3.8, 4) is 11.6 Å². The molecule has 0 radical (unpaired) electrons. The average molecular weight is 855 g/mol. The second-order valence-electron chi connectivity index (χ2n) is 16.8. The molecule has 0 spiro atoms. The van der Waals surface area contributed by atoms with Gasteiger partial charge in [0, 0.05) is 18.4 Å². The predicted octanol–water partition coefficient (Wildman–Crippen LogP) is 4.57. The molecular weight excluding hydrogens is 805 g/mol. The van der Waals surface area contributed by atoms with E-state index in [1.54, 1.807) is 44.2 Å². The van der Waals surface area contributed by atoms with E-state index in [9.17, 15) is 45.2 Å². The molecule has 20 heteroatoms. The van der Waals surface area contributed by atoms with Gasteiger partial charge in [-0.05, 0) is 83.3 Å². The molecule has 2 aliphatic heterocycles. The third-order valence-electron chi connectivity index (χ3n) is 11.9. The van der Waals surface area contributed by atoms with Crippen LogP contribution in [0.2, 0.25) is 0 Å². The molecule has 6 rings (SSSR count). The average Bonchev–Trinajstić information content (AvgIpc) is 4.06. The van der Waals surface area contributed by atoms with E-state index in [1.807, 2.05) is 11.6 Å². The number of hydrogen-bond donors (Lipinski definition) is 3. The molecule has 15 nitrogen and oxygen atoms in total. The Morgan fingerprint density at radius 2 is 1.80 bits per heavy atom. The largest absolute Gasteiger partial charge is 0.497 e. The SMILES string of the molecule is COc1ccc2nc(O[C@@H]3CC4C(=O)N[C@]5(C(=O)NS(=O)(=O)C6(CF)CC6)C[C@H]5/C=C\CC[C@@H](C)C[C@@H](C)[C@H](NC(=O)OC(C)(C)C(F)(F)F)C(=O)N4C3)c(C)nc2c1. The highest BCUT2D eigenvalue weighted by Gasteiger charge is 2.64. The quantitative estimate of drug-likeness (QED) is 0.236. The smallest absolute Gasteiger partial charge is 0.427 e. The van der Waals surface area contributed by atoms with Gasteiger partial charge in [0.15, 0.2) is 0 Å². The van der Waals surface area contributed by atoms with Crippen LogP contribution in [0.15, 0.2) is 30.4 Å². The first-order valence-electron chi connectivity index (χ1n) is 19.5.